The summed E-state index contributed by atoms with van der Waals surface area (Å²) >= 11 is 0. The maximum Gasteiger partial charge on any atom is 0.303 e. The molecule has 4 N–H and O–H groups in total. The van der Waals surface area contributed by atoms with Crippen LogP contribution >= 0.6 is 0 Å². The van der Waals surface area contributed by atoms with Gasteiger partial charge in [-0.1, -0.05) is 58.9 Å². The van der Waals surface area contributed by atoms with Crippen LogP contribution in [0.3, 0.4) is 0 Å². The lowest BCUT2D eigenvalue weighted by Crippen LogP contribution is -2.67. The molecule has 0 heterocycles. The third-order valence-corrected chi connectivity index (χ3v) is 16.3. The molecule has 5 saturated carbocycles. The van der Waals surface area contributed by atoms with Gasteiger partial charge in [-0.2, -0.15) is 0 Å². The molecule has 0 bridgehead atoms. The van der Waals surface area contributed by atoms with E-state index < -0.39 is 5.97 Å². The molecule has 2 amide bonds. The number of carbonyl (C=O) groups is 3. The molecule has 50 heavy (non-hydrogen) atoms. The predicted molar refractivity (Wildman–Crippen MR) is 197 cm³/mol. The van der Waals surface area contributed by atoms with Crippen molar-refractivity contribution in [1.82, 2.24) is 10.6 Å². The van der Waals surface area contributed by atoms with Crippen molar-refractivity contribution in [2.75, 3.05) is 6.54 Å². The van der Waals surface area contributed by atoms with Crippen molar-refractivity contribution in [1.29, 1.82) is 0 Å². The molecule has 5 aliphatic rings. The van der Waals surface area contributed by atoms with Gasteiger partial charge in [-0.3, -0.25) is 14.4 Å². The minimum Gasteiger partial charge on any atom is -0.481 e. The number of aliphatic hydroxyl groups excluding tert-OH is 1. The number of rotatable bonds is 10. The number of fused-ring (bicyclic) bond motifs is 7. The van der Waals surface area contributed by atoms with E-state index in [0.717, 1.165) is 44.1 Å². The van der Waals surface area contributed by atoms with Gasteiger partial charge in [0.15, 0.2) is 0 Å². The highest BCUT2D eigenvalue weighted by Gasteiger charge is 2.71. The Hall–Kier alpha value is -2.67. The Labute approximate surface area is 300 Å². The van der Waals surface area contributed by atoms with Crippen molar-refractivity contribution >= 4 is 17.8 Å². The highest BCUT2D eigenvalue weighted by Crippen LogP contribution is 2.77. The van der Waals surface area contributed by atoms with Crippen LogP contribution in [0.25, 0.3) is 0 Å². The van der Waals surface area contributed by atoms with Gasteiger partial charge >= 0.3 is 5.97 Å². The smallest absolute Gasteiger partial charge is 0.303 e. The molecule has 0 spiro atoms. The molecule has 0 saturated heterocycles. The van der Waals surface area contributed by atoms with Crippen molar-refractivity contribution in [3.63, 3.8) is 0 Å². The lowest BCUT2D eigenvalue weighted by Gasteiger charge is -2.72. The summed E-state index contributed by atoms with van der Waals surface area (Å²) in [4.78, 5) is 37.9. The van der Waals surface area contributed by atoms with Crippen molar-refractivity contribution < 1.29 is 24.6 Å². The van der Waals surface area contributed by atoms with Crippen LogP contribution < -0.4 is 10.6 Å². The predicted octanol–water partition coefficient (Wildman–Crippen LogP) is 8.31. The van der Waals surface area contributed by atoms with E-state index in [9.17, 15) is 19.5 Å². The molecule has 4 unspecified atom stereocenters. The minimum atomic E-state index is -0.820. The molecular weight excluding hydrogens is 624 g/mol. The lowest BCUT2D eigenvalue weighted by atomic mass is 9.32. The Kier molecular flexibility index (Phi) is 9.93. The second kappa shape index (κ2) is 13.4. The van der Waals surface area contributed by atoms with E-state index >= 15 is 0 Å². The summed E-state index contributed by atoms with van der Waals surface area (Å²) in [6.45, 7) is 20.0. The molecule has 7 heteroatoms. The summed E-state index contributed by atoms with van der Waals surface area (Å²) in [6.07, 6.45) is 11.8. The van der Waals surface area contributed by atoms with Crippen LogP contribution in [-0.4, -0.2) is 40.6 Å². The van der Waals surface area contributed by atoms with Crippen molar-refractivity contribution in [3.8, 4) is 0 Å². The number of carboxylic acids is 1. The second-order valence-electron chi connectivity index (χ2n) is 18.7. The quantitative estimate of drug-likeness (QED) is 0.146. The van der Waals surface area contributed by atoms with Gasteiger partial charge in [0, 0.05) is 25.1 Å². The van der Waals surface area contributed by atoms with E-state index in [4.69, 9.17) is 5.11 Å². The molecule has 1 aromatic rings. The van der Waals surface area contributed by atoms with Gasteiger partial charge in [0.2, 0.25) is 5.91 Å². The maximum atomic E-state index is 14.5. The monoisotopic (exact) mass is 688 g/mol. The number of allylic oxidation sites excluding steroid dienone is 1. The summed E-state index contributed by atoms with van der Waals surface area (Å²) in [5.41, 5.74) is 2.92. The fourth-order valence-electron chi connectivity index (χ4n) is 13.4. The van der Waals surface area contributed by atoms with E-state index in [1.54, 1.807) is 12.1 Å². The zero-order valence-electron chi connectivity index (χ0n) is 31.7. The summed E-state index contributed by atoms with van der Waals surface area (Å²) in [6, 6.07) is 7.44. The lowest BCUT2D eigenvalue weighted by molar-refractivity contribution is -0.246. The van der Waals surface area contributed by atoms with Gasteiger partial charge in [-0.05, 0) is 153 Å². The van der Waals surface area contributed by atoms with Crippen molar-refractivity contribution in [2.45, 2.75) is 138 Å². The third kappa shape index (κ3) is 5.86. The van der Waals surface area contributed by atoms with Crippen LogP contribution in [0.2, 0.25) is 0 Å². The van der Waals surface area contributed by atoms with E-state index in [0.29, 0.717) is 61.1 Å². The zero-order valence-corrected chi connectivity index (χ0v) is 31.7. The largest absolute Gasteiger partial charge is 0.481 e. The van der Waals surface area contributed by atoms with Gasteiger partial charge in [-0.25, -0.2) is 0 Å². The molecule has 0 aliphatic heterocycles. The number of nitrogens with one attached hydrogen (secondary N) is 2. The average molecular weight is 689 g/mol. The number of carboxylic acid groups (broad SMARTS) is 1. The number of aliphatic hydroxyl groups is 1. The first kappa shape index (κ1) is 37.1. The third-order valence-electron chi connectivity index (χ3n) is 16.3. The summed E-state index contributed by atoms with van der Waals surface area (Å²) < 4.78 is 0. The van der Waals surface area contributed by atoms with Crippen LogP contribution in [0.15, 0.2) is 36.4 Å². The van der Waals surface area contributed by atoms with Crippen LogP contribution in [0.5, 0.6) is 0 Å². The van der Waals surface area contributed by atoms with E-state index in [1.165, 1.54) is 31.3 Å². The topological polar surface area (TPSA) is 116 Å². The minimum absolute atomic E-state index is 0.0559. The SMILES string of the molecule is C=C(C)[C@@H]1CC[C@]2(C(=O)NCc3ccc(C(=O)NCCCCC(=O)O)cc3)CC[C@]3(C)C(CCC4[C@@]5(C)CC[C@H](O)C(C)(C)C5CC[C@]43C)C12. The Morgan fingerprint density at radius 3 is 2.22 bits per heavy atom. The van der Waals surface area contributed by atoms with Gasteiger partial charge in [0.05, 0.1) is 11.5 Å². The standard InChI is InChI=1S/C43H64N2O5/c1-27(2)30-17-22-43(38(50)45-26-28-11-13-29(14-12-28)37(49)44-25-9-8-10-35(47)48)24-23-41(6)31(36(30)43)15-16-33-40(5)20-19-34(46)39(3,4)32(40)18-21-42(33,41)7/h11-14,30-34,36,46H,1,8-10,15-26H2,2-7H3,(H,44,49)(H,45,50)(H,47,48)/t30-,31?,32?,33?,34-,36?,40-,41+,42+,43-/m0/s1. The number of amides is 2. The first-order valence-corrected chi connectivity index (χ1v) is 19.7. The van der Waals surface area contributed by atoms with Crippen molar-refractivity contribution in [2.24, 2.45) is 56.7 Å². The van der Waals surface area contributed by atoms with E-state index in [2.05, 4.69) is 58.8 Å². The number of carbonyl (C=O) groups excluding carboxylic acids is 2. The van der Waals surface area contributed by atoms with Gasteiger partial charge in [-0.15, -0.1) is 0 Å². The molecule has 0 radical (unpaired) electrons. The van der Waals surface area contributed by atoms with Crippen molar-refractivity contribution in [3.05, 3.63) is 47.5 Å². The maximum absolute atomic E-state index is 14.5. The number of benzene rings is 1. The molecule has 5 aliphatic carbocycles. The van der Waals surface area contributed by atoms with Crippen LogP contribution in [-0.2, 0) is 16.1 Å². The molecule has 6 rings (SSSR count). The van der Waals surface area contributed by atoms with Crippen LogP contribution in [0.1, 0.15) is 141 Å². The Bertz CT molecular complexity index is 1490. The van der Waals surface area contributed by atoms with Gasteiger partial charge in [0.1, 0.15) is 0 Å². The van der Waals surface area contributed by atoms with E-state index in [1.807, 2.05) is 12.1 Å². The van der Waals surface area contributed by atoms with Crippen LogP contribution in [0, 0.1) is 56.7 Å². The molecule has 276 valence electrons. The van der Waals surface area contributed by atoms with E-state index in [-0.39, 0.29) is 51.4 Å². The first-order chi connectivity index (χ1) is 23.5. The van der Waals surface area contributed by atoms with Gasteiger partial charge in [0.25, 0.3) is 5.91 Å². The fourth-order valence-corrected chi connectivity index (χ4v) is 13.4. The summed E-state index contributed by atoms with van der Waals surface area (Å²) in [7, 11) is 0. The Morgan fingerprint density at radius 2 is 1.54 bits per heavy atom. The first-order valence-electron chi connectivity index (χ1n) is 19.7. The zero-order chi connectivity index (χ0) is 36.3. The molecule has 0 aromatic heterocycles. The highest BCUT2D eigenvalue weighted by molar-refractivity contribution is 5.94. The average Bonchev–Trinajstić information content (AvgIpc) is 3.47. The van der Waals surface area contributed by atoms with Crippen LogP contribution in [0.4, 0.5) is 0 Å². The molecular formula is C43H64N2O5. The number of unbranched alkanes of at least 4 members (excludes halogenated alkanes) is 1. The number of hydrogen-bond acceptors (Lipinski definition) is 4. The normalized spacial score (nSPS) is 40.0. The molecule has 5 fully saturated rings. The highest BCUT2D eigenvalue weighted by atomic mass is 16.4. The molecule has 1 aromatic carbocycles. The Balaban J connectivity index is 1.17. The summed E-state index contributed by atoms with van der Waals surface area (Å²) in [5, 5.41) is 26.1. The Morgan fingerprint density at radius 1 is 0.820 bits per heavy atom. The summed E-state index contributed by atoms with van der Waals surface area (Å²) in [5.74, 6) is 1.53. The number of aliphatic carboxylic acids is 1. The molecule has 10 atom stereocenters. The molecule has 7 nitrogen and oxygen atoms in total. The fraction of sp³-hybridized carbons (Fsp3) is 0.744. The van der Waals surface area contributed by atoms with Gasteiger partial charge < -0.3 is 20.8 Å². The second-order valence-corrected chi connectivity index (χ2v) is 18.7. The number of hydrogen-bond donors (Lipinski definition) is 4.